The van der Waals surface area contributed by atoms with Gasteiger partial charge in [0.05, 0.1) is 12.6 Å². The van der Waals surface area contributed by atoms with Crippen molar-refractivity contribution >= 4 is 40.1 Å². The minimum absolute atomic E-state index is 0.162. The number of imidazole rings is 1. The van der Waals surface area contributed by atoms with Crippen LogP contribution < -0.4 is 10.6 Å². The van der Waals surface area contributed by atoms with E-state index in [0.717, 1.165) is 25.7 Å². The van der Waals surface area contributed by atoms with E-state index in [9.17, 15) is 18.0 Å². The molecular weight excluding hydrogens is 514 g/mol. The number of aromatic nitrogens is 3. The minimum atomic E-state index is -4.54. The van der Waals surface area contributed by atoms with Gasteiger partial charge in [0.2, 0.25) is 0 Å². The molecule has 0 saturated heterocycles. The van der Waals surface area contributed by atoms with Crippen LogP contribution in [-0.4, -0.2) is 38.4 Å². The van der Waals surface area contributed by atoms with E-state index in [-0.39, 0.29) is 17.3 Å². The van der Waals surface area contributed by atoms with Crippen molar-refractivity contribution in [3.63, 3.8) is 0 Å². The number of alkyl halides is 3. The van der Waals surface area contributed by atoms with Crippen molar-refractivity contribution in [2.45, 2.75) is 76.7 Å². The van der Waals surface area contributed by atoms with Crippen molar-refractivity contribution in [3.8, 4) is 0 Å². The van der Waals surface area contributed by atoms with E-state index in [2.05, 4.69) is 20.7 Å². The Bertz CT molecular complexity index is 904. The Labute approximate surface area is 186 Å². The molecule has 1 atom stereocenters. The van der Waals surface area contributed by atoms with E-state index in [0.29, 0.717) is 9.52 Å². The van der Waals surface area contributed by atoms with Crippen LogP contribution in [0, 0.1) is 3.70 Å². The van der Waals surface area contributed by atoms with Crippen molar-refractivity contribution in [2.24, 2.45) is 0 Å². The average Bonchev–Trinajstić information content (AvgIpc) is 3.21. The molecule has 2 aromatic rings. The van der Waals surface area contributed by atoms with Gasteiger partial charge in [-0.2, -0.15) is 13.2 Å². The highest BCUT2D eigenvalue weighted by atomic mass is 127. The standard InChI is InChI=1S/C19H25F3IN5O2/c1-18(2,3)26-17(29)30-13(9-19(20,21)22)12-8-15(25-11-6-4-5-7-11)27-28-14(23)10-24-16(12)28/h8,10-11,13H,4-7,9H2,1-3H3,(H,25,27)(H,26,29). The predicted molar refractivity (Wildman–Crippen MR) is 114 cm³/mol. The Morgan fingerprint density at radius 1 is 1.33 bits per heavy atom. The first-order chi connectivity index (χ1) is 13.9. The van der Waals surface area contributed by atoms with Crippen molar-refractivity contribution in [2.75, 3.05) is 5.32 Å². The third-order valence-electron chi connectivity index (χ3n) is 4.65. The fraction of sp³-hybridized carbons (Fsp3) is 0.632. The Morgan fingerprint density at radius 2 is 2.00 bits per heavy atom. The second kappa shape index (κ2) is 8.75. The van der Waals surface area contributed by atoms with Gasteiger partial charge in [-0.1, -0.05) is 12.8 Å². The number of hydrogen-bond acceptors (Lipinski definition) is 5. The molecule has 0 bridgehead atoms. The van der Waals surface area contributed by atoms with Gasteiger partial charge >= 0.3 is 12.3 Å². The largest absolute Gasteiger partial charge is 0.441 e. The minimum Gasteiger partial charge on any atom is -0.441 e. The van der Waals surface area contributed by atoms with Crippen LogP contribution >= 0.6 is 22.6 Å². The first kappa shape index (κ1) is 22.9. The van der Waals surface area contributed by atoms with Crippen molar-refractivity contribution in [1.82, 2.24) is 19.9 Å². The Morgan fingerprint density at radius 3 is 2.60 bits per heavy atom. The third-order valence-corrected chi connectivity index (χ3v) is 5.39. The number of nitrogens with one attached hydrogen (secondary N) is 2. The molecule has 1 unspecified atom stereocenters. The summed E-state index contributed by atoms with van der Waals surface area (Å²) < 4.78 is 47.4. The topological polar surface area (TPSA) is 80.5 Å². The summed E-state index contributed by atoms with van der Waals surface area (Å²) in [6.07, 6.45) is -2.66. The summed E-state index contributed by atoms with van der Waals surface area (Å²) >= 11 is 2.01. The number of rotatable bonds is 5. The zero-order valence-electron chi connectivity index (χ0n) is 17.0. The highest BCUT2D eigenvalue weighted by molar-refractivity contribution is 14.1. The lowest BCUT2D eigenvalue weighted by Gasteiger charge is -2.25. The fourth-order valence-electron chi connectivity index (χ4n) is 3.44. The number of ether oxygens (including phenoxy) is 1. The zero-order valence-corrected chi connectivity index (χ0v) is 19.2. The number of anilines is 1. The number of alkyl carbamates (subject to hydrolysis) is 1. The summed E-state index contributed by atoms with van der Waals surface area (Å²) in [6.45, 7) is 5.16. The lowest BCUT2D eigenvalue weighted by Crippen LogP contribution is -2.41. The van der Waals surface area contributed by atoms with Crippen molar-refractivity contribution < 1.29 is 22.7 Å². The number of amides is 1. The summed E-state index contributed by atoms with van der Waals surface area (Å²) in [7, 11) is 0. The molecule has 1 aliphatic rings. The van der Waals surface area contributed by atoms with Gasteiger partial charge in [0, 0.05) is 17.1 Å². The Hall–Kier alpha value is -1.79. The number of nitrogens with zero attached hydrogens (tertiary/aromatic N) is 3. The highest BCUT2D eigenvalue weighted by Crippen LogP contribution is 2.35. The molecule has 2 N–H and O–H groups in total. The van der Waals surface area contributed by atoms with E-state index in [4.69, 9.17) is 4.74 Å². The second-order valence-electron chi connectivity index (χ2n) is 8.52. The monoisotopic (exact) mass is 539 g/mol. The van der Waals surface area contributed by atoms with Gasteiger partial charge in [0.15, 0.2) is 5.65 Å². The molecular formula is C19H25F3IN5O2. The first-order valence-corrected chi connectivity index (χ1v) is 10.9. The maximum Gasteiger partial charge on any atom is 0.408 e. The van der Waals surface area contributed by atoms with Crippen LogP contribution in [0.25, 0.3) is 5.65 Å². The van der Waals surface area contributed by atoms with Gasteiger partial charge in [-0.3, -0.25) is 0 Å². The molecule has 0 aromatic carbocycles. The number of halogens is 4. The molecule has 1 aliphatic carbocycles. The van der Waals surface area contributed by atoms with Gasteiger partial charge in [0.1, 0.15) is 15.6 Å². The maximum atomic E-state index is 13.3. The quantitative estimate of drug-likeness (QED) is 0.511. The number of hydrogen-bond donors (Lipinski definition) is 2. The van der Waals surface area contributed by atoms with Gasteiger partial charge < -0.3 is 15.4 Å². The molecule has 166 valence electrons. The molecule has 30 heavy (non-hydrogen) atoms. The van der Waals surface area contributed by atoms with Gasteiger partial charge in [0.25, 0.3) is 0 Å². The SMILES string of the molecule is CC(C)(C)NC(=O)OC(CC(F)(F)F)c1cc(NC2CCCC2)nn2c(I)cnc12. The zero-order chi connectivity index (χ0) is 22.1. The van der Waals surface area contributed by atoms with Crippen LogP contribution in [0.5, 0.6) is 0 Å². The summed E-state index contributed by atoms with van der Waals surface area (Å²) in [5.74, 6) is 0.437. The van der Waals surface area contributed by atoms with Crippen LogP contribution in [0.4, 0.5) is 23.8 Å². The molecule has 7 nitrogen and oxygen atoms in total. The first-order valence-electron chi connectivity index (χ1n) is 9.77. The molecule has 0 radical (unpaired) electrons. The lowest BCUT2D eigenvalue weighted by molar-refractivity contribution is -0.154. The van der Waals surface area contributed by atoms with E-state index in [1.165, 1.54) is 16.8 Å². The van der Waals surface area contributed by atoms with Gasteiger partial charge in [-0.05, 0) is 62.3 Å². The average molecular weight is 539 g/mol. The molecule has 11 heteroatoms. The molecule has 3 rings (SSSR count). The van der Waals surface area contributed by atoms with E-state index in [1.807, 2.05) is 22.6 Å². The van der Waals surface area contributed by atoms with Crippen LogP contribution in [0.15, 0.2) is 12.3 Å². The summed E-state index contributed by atoms with van der Waals surface area (Å²) in [5.41, 5.74) is -0.255. The van der Waals surface area contributed by atoms with Crippen molar-refractivity contribution in [1.29, 1.82) is 0 Å². The molecule has 0 aliphatic heterocycles. The Balaban J connectivity index is 1.99. The molecule has 1 fully saturated rings. The normalized spacial score (nSPS) is 16.6. The Kier molecular flexibility index (Phi) is 6.68. The molecule has 1 saturated carbocycles. The van der Waals surface area contributed by atoms with E-state index >= 15 is 0 Å². The fourth-order valence-corrected chi connectivity index (χ4v) is 3.92. The predicted octanol–water partition coefficient (Wildman–Crippen LogP) is 5.21. The van der Waals surface area contributed by atoms with E-state index < -0.39 is 30.3 Å². The van der Waals surface area contributed by atoms with Gasteiger partial charge in [-0.25, -0.2) is 14.3 Å². The van der Waals surface area contributed by atoms with E-state index in [1.54, 1.807) is 20.8 Å². The number of carbonyl (C=O) groups is 1. The number of carbonyl (C=O) groups excluding carboxylic acids is 1. The smallest absolute Gasteiger partial charge is 0.408 e. The third kappa shape index (κ3) is 6.11. The van der Waals surface area contributed by atoms with Crippen LogP contribution in [0.3, 0.4) is 0 Å². The summed E-state index contributed by atoms with van der Waals surface area (Å²) in [6, 6.07) is 1.73. The summed E-state index contributed by atoms with van der Waals surface area (Å²) in [4.78, 5) is 16.5. The lowest BCUT2D eigenvalue weighted by atomic mass is 10.1. The van der Waals surface area contributed by atoms with Crippen LogP contribution in [0.1, 0.15) is 64.5 Å². The molecule has 0 spiro atoms. The van der Waals surface area contributed by atoms with Gasteiger partial charge in [-0.15, -0.1) is 5.10 Å². The maximum absolute atomic E-state index is 13.3. The second-order valence-corrected chi connectivity index (χ2v) is 9.62. The summed E-state index contributed by atoms with van der Waals surface area (Å²) in [5, 5.41) is 10.3. The van der Waals surface area contributed by atoms with Crippen LogP contribution in [0.2, 0.25) is 0 Å². The molecule has 1 amide bonds. The highest BCUT2D eigenvalue weighted by Gasteiger charge is 2.37. The molecule has 2 aromatic heterocycles. The number of fused-ring (bicyclic) bond motifs is 1. The van der Waals surface area contributed by atoms with Crippen LogP contribution in [-0.2, 0) is 4.74 Å². The van der Waals surface area contributed by atoms with Crippen molar-refractivity contribution in [3.05, 3.63) is 21.5 Å². The molecule has 2 heterocycles.